The van der Waals surface area contributed by atoms with Gasteiger partial charge in [0, 0.05) is 18.8 Å². The highest BCUT2D eigenvalue weighted by Gasteiger charge is 2.40. The van der Waals surface area contributed by atoms with Crippen LogP contribution in [0.25, 0.3) is 10.2 Å². The van der Waals surface area contributed by atoms with Crippen molar-refractivity contribution in [1.82, 2.24) is 14.6 Å². The molecule has 2 N–H and O–H groups in total. The lowest BCUT2D eigenvalue weighted by molar-refractivity contribution is -0.137. The molecule has 1 aromatic heterocycles. The normalized spacial score (nSPS) is 16.9. The van der Waals surface area contributed by atoms with Crippen LogP contribution in [0.1, 0.15) is 25.0 Å². The number of rotatable bonds is 12. The van der Waals surface area contributed by atoms with Crippen molar-refractivity contribution in [3.63, 3.8) is 0 Å². The van der Waals surface area contributed by atoms with Crippen LogP contribution in [0.5, 0.6) is 0 Å². The lowest BCUT2D eigenvalue weighted by atomic mass is 10.0. The molecular formula is C32H33F3N4O6S2. The van der Waals surface area contributed by atoms with Gasteiger partial charge in [-0.25, -0.2) is 18.2 Å². The Balaban J connectivity index is 1.36. The summed E-state index contributed by atoms with van der Waals surface area (Å²) in [5.41, 5.74) is 1.96. The SMILES string of the molecule is CC(C)CN(C[C@@H](O)[C@H](Cc1ccccc1)NC(=O)[C@@H]1CN(c2cccc(C(F)(F)F)c2)C(=O)O1)S(=O)(=O)c1ccc2ncsc2c1. The fourth-order valence-corrected chi connectivity index (χ4v) is 7.69. The molecule has 5 rings (SSSR count). The standard InChI is InChI=1S/C32H33F3N4O6S2/c1-20(2)16-38(47(43,44)24-11-12-25-29(15-24)46-19-36-25)17-27(40)26(13-21-7-4-3-5-8-21)37-30(41)28-18-39(31(42)45-28)23-10-6-9-22(14-23)32(33,34)35/h3-12,14-15,19-20,26-28,40H,13,16-18H2,1-2H3,(H,37,41)/t26-,27+,28-/m0/s1. The number of hydrogen-bond donors (Lipinski definition) is 2. The van der Waals surface area contributed by atoms with Crippen LogP contribution >= 0.6 is 11.3 Å². The molecule has 250 valence electrons. The largest absolute Gasteiger partial charge is 0.434 e. The van der Waals surface area contributed by atoms with Gasteiger partial charge in [0.25, 0.3) is 5.91 Å². The Morgan fingerprint density at radius 2 is 1.85 bits per heavy atom. The molecule has 10 nitrogen and oxygen atoms in total. The zero-order chi connectivity index (χ0) is 33.9. The first kappa shape index (κ1) is 34.3. The topological polar surface area (TPSA) is 129 Å². The highest BCUT2D eigenvalue weighted by molar-refractivity contribution is 7.89. The molecule has 0 saturated carbocycles. The van der Waals surface area contributed by atoms with Gasteiger partial charge in [-0.1, -0.05) is 50.2 Å². The van der Waals surface area contributed by atoms with Gasteiger partial charge < -0.3 is 15.2 Å². The van der Waals surface area contributed by atoms with Crippen LogP contribution in [-0.4, -0.2) is 72.7 Å². The van der Waals surface area contributed by atoms with Crippen molar-refractivity contribution >= 4 is 49.3 Å². The smallest absolute Gasteiger partial charge is 0.416 e. The Morgan fingerprint density at radius 3 is 2.55 bits per heavy atom. The monoisotopic (exact) mass is 690 g/mol. The molecule has 47 heavy (non-hydrogen) atoms. The number of nitrogens with zero attached hydrogens (tertiary/aromatic N) is 3. The molecule has 0 bridgehead atoms. The summed E-state index contributed by atoms with van der Waals surface area (Å²) >= 11 is 1.30. The number of thiazole rings is 1. The van der Waals surface area contributed by atoms with Crippen LogP contribution in [-0.2, 0) is 32.2 Å². The number of aliphatic hydroxyl groups is 1. The van der Waals surface area contributed by atoms with Crippen LogP contribution < -0.4 is 10.2 Å². The number of fused-ring (bicyclic) bond motifs is 1. The van der Waals surface area contributed by atoms with E-state index in [0.29, 0.717) is 10.2 Å². The van der Waals surface area contributed by atoms with Crippen molar-refractivity contribution < 1.29 is 41.0 Å². The van der Waals surface area contributed by atoms with Gasteiger partial charge in [0.2, 0.25) is 10.0 Å². The lowest BCUT2D eigenvalue weighted by Gasteiger charge is -2.31. The summed E-state index contributed by atoms with van der Waals surface area (Å²) in [6.45, 7) is 3.04. The van der Waals surface area contributed by atoms with Gasteiger partial charge in [0.1, 0.15) is 0 Å². The number of carbonyl (C=O) groups is 2. The molecule has 1 aliphatic heterocycles. The molecule has 3 atom stereocenters. The van der Waals surface area contributed by atoms with E-state index < -0.39 is 52.0 Å². The van der Waals surface area contributed by atoms with Gasteiger partial charge >= 0.3 is 12.3 Å². The van der Waals surface area contributed by atoms with Crippen molar-refractivity contribution in [2.24, 2.45) is 5.92 Å². The molecule has 1 saturated heterocycles. The summed E-state index contributed by atoms with van der Waals surface area (Å²) < 4.78 is 74.6. The quantitative estimate of drug-likeness (QED) is 0.212. The number of aliphatic hydroxyl groups excluding tert-OH is 1. The number of amides is 2. The van der Waals surface area contributed by atoms with Gasteiger partial charge in [-0.15, -0.1) is 11.3 Å². The number of halogens is 3. The van der Waals surface area contributed by atoms with Crippen LogP contribution in [0.15, 0.2) is 83.2 Å². The first-order valence-corrected chi connectivity index (χ1v) is 17.1. The zero-order valence-electron chi connectivity index (χ0n) is 25.4. The number of nitrogens with one attached hydrogen (secondary N) is 1. The van der Waals surface area contributed by atoms with Gasteiger partial charge in [-0.05, 0) is 54.3 Å². The van der Waals surface area contributed by atoms with Gasteiger partial charge in [0.05, 0.1) is 44.9 Å². The molecule has 0 aliphatic carbocycles. The molecular weight excluding hydrogens is 658 g/mol. The number of ether oxygens (including phenoxy) is 1. The van der Waals surface area contributed by atoms with E-state index in [9.17, 15) is 36.3 Å². The van der Waals surface area contributed by atoms with E-state index in [0.717, 1.165) is 28.7 Å². The van der Waals surface area contributed by atoms with Crippen molar-refractivity contribution in [3.8, 4) is 0 Å². The van der Waals surface area contributed by atoms with Crippen LogP contribution in [0, 0.1) is 5.92 Å². The molecule has 4 aromatic rings. The number of sulfonamides is 1. The third-order valence-corrected chi connectivity index (χ3v) is 10.2. The lowest BCUT2D eigenvalue weighted by Crippen LogP contribution is -2.53. The molecule has 3 aromatic carbocycles. The number of alkyl halides is 3. The van der Waals surface area contributed by atoms with Crippen LogP contribution in [0.4, 0.5) is 23.7 Å². The molecule has 2 amide bonds. The third-order valence-electron chi connectivity index (χ3n) is 7.58. The Kier molecular flexibility index (Phi) is 10.2. The molecule has 1 fully saturated rings. The summed E-state index contributed by atoms with van der Waals surface area (Å²) in [4.78, 5) is 31.2. The summed E-state index contributed by atoms with van der Waals surface area (Å²) in [6.07, 6.45) is -8.34. The highest BCUT2D eigenvalue weighted by atomic mass is 32.2. The minimum absolute atomic E-state index is 0.0401. The van der Waals surface area contributed by atoms with Gasteiger partial charge in [-0.3, -0.25) is 9.69 Å². The van der Waals surface area contributed by atoms with E-state index in [4.69, 9.17) is 4.74 Å². The van der Waals surface area contributed by atoms with Gasteiger partial charge in [-0.2, -0.15) is 17.5 Å². The van der Waals surface area contributed by atoms with Crippen LogP contribution in [0.3, 0.4) is 0 Å². The Bertz CT molecular complexity index is 1840. The molecule has 0 unspecified atom stereocenters. The third kappa shape index (κ3) is 8.09. The summed E-state index contributed by atoms with van der Waals surface area (Å²) in [5, 5.41) is 14.2. The van der Waals surface area contributed by atoms with Crippen LogP contribution in [0.2, 0.25) is 0 Å². The fourth-order valence-electron chi connectivity index (χ4n) is 5.25. The molecule has 15 heteroatoms. The van der Waals surface area contributed by atoms with Gasteiger partial charge in [0.15, 0.2) is 6.10 Å². The van der Waals surface area contributed by atoms with Crippen molar-refractivity contribution in [1.29, 1.82) is 0 Å². The maximum Gasteiger partial charge on any atom is 0.416 e. The van der Waals surface area contributed by atoms with Crippen molar-refractivity contribution in [3.05, 3.63) is 89.4 Å². The van der Waals surface area contributed by atoms with Crippen molar-refractivity contribution in [2.75, 3.05) is 24.5 Å². The van der Waals surface area contributed by atoms with E-state index in [2.05, 4.69) is 10.3 Å². The second-order valence-corrected chi connectivity index (χ2v) is 14.4. The first-order chi connectivity index (χ1) is 22.2. The number of hydrogen-bond acceptors (Lipinski definition) is 8. The molecule has 1 aliphatic rings. The number of benzene rings is 3. The second kappa shape index (κ2) is 14.0. The summed E-state index contributed by atoms with van der Waals surface area (Å²) in [6, 6.07) is 16.6. The fraction of sp³-hybridized carbons (Fsp3) is 0.344. The average molecular weight is 691 g/mol. The first-order valence-electron chi connectivity index (χ1n) is 14.7. The van der Waals surface area contributed by atoms with E-state index >= 15 is 0 Å². The summed E-state index contributed by atoms with van der Waals surface area (Å²) in [7, 11) is -4.09. The number of aromatic nitrogens is 1. The molecule has 2 heterocycles. The predicted octanol–water partition coefficient (Wildman–Crippen LogP) is 5.08. The highest BCUT2D eigenvalue weighted by Crippen LogP contribution is 2.33. The zero-order valence-corrected chi connectivity index (χ0v) is 27.1. The molecule has 0 spiro atoms. The second-order valence-electron chi connectivity index (χ2n) is 11.6. The Morgan fingerprint density at radius 1 is 1.11 bits per heavy atom. The predicted molar refractivity (Wildman–Crippen MR) is 170 cm³/mol. The minimum atomic E-state index is -4.64. The Labute approximate surface area is 273 Å². The number of carbonyl (C=O) groups excluding carboxylic acids is 2. The van der Waals surface area contributed by atoms with E-state index in [1.807, 2.05) is 13.8 Å². The Hall–Kier alpha value is -4.05. The number of anilines is 1. The maximum absolute atomic E-state index is 13.9. The maximum atomic E-state index is 13.9. The number of cyclic esters (lactones) is 1. The summed E-state index contributed by atoms with van der Waals surface area (Å²) in [5.74, 6) is -0.896. The van der Waals surface area contributed by atoms with E-state index in [1.165, 1.54) is 33.8 Å². The average Bonchev–Trinajstić information content (AvgIpc) is 3.66. The molecule has 0 radical (unpaired) electrons. The van der Waals surface area contributed by atoms with E-state index in [-0.39, 0.29) is 42.6 Å². The minimum Gasteiger partial charge on any atom is -0.434 e. The van der Waals surface area contributed by atoms with Crippen molar-refractivity contribution in [2.45, 2.75) is 49.6 Å². The van der Waals surface area contributed by atoms with E-state index in [1.54, 1.807) is 41.9 Å².